The van der Waals surface area contributed by atoms with Gasteiger partial charge in [0.15, 0.2) is 0 Å². The summed E-state index contributed by atoms with van der Waals surface area (Å²) in [5.74, 6) is -2.12. The number of hydrogen-bond acceptors (Lipinski definition) is 4. The molecule has 0 aliphatic rings. The quantitative estimate of drug-likeness (QED) is 0.381. The first-order valence-corrected chi connectivity index (χ1v) is 3.22. The van der Waals surface area contributed by atoms with Crippen molar-refractivity contribution in [2.45, 2.75) is 0 Å². The first kappa shape index (κ1) is 20.3. The van der Waals surface area contributed by atoms with Crippen LogP contribution in [-0.2, 0) is 19.1 Å². The van der Waals surface area contributed by atoms with Crippen molar-refractivity contribution in [1.29, 1.82) is 0 Å². The van der Waals surface area contributed by atoms with Gasteiger partial charge in [0.05, 0.1) is 13.2 Å². The van der Waals surface area contributed by atoms with E-state index in [-0.39, 0.29) is 72.3 Å². The molecule has 74 valence electrons. The average Bonchev–Trinajstić information content (AvgIpc) is 1.95. The van der Waals surface area contributed by atoms with E-state index in [2.05, 4.69) is 9.47 Å². The number of hydrogen-bond donors (Lipinski definition) is 2. The molecule has 0 unspecified atom stereocenters. The van der Waals surface area contributed by atoms with Crippen molar-refractivity contribution >= 4 is 71.1 Å². The van der Waals surface area contributed by atoms with E-state index < -0.39 is 25.2 Å². The van der Waals surface area contributed by atoms with Crippen LogP contribution >= 0.6 is 0 Å². The molecule has 0 radical (unpaired) electrons. The molecule has 0 aromatic rings. The van der Waals surface area contributed by atoms with Crippen molar-refractivity contribution < 1.29 is 29.3 Å². The zero-order valence-electron chi connectivity index (χ0n) is 6.36. The summed E-state index contributed by atoms with van der Waals surface area (Å²) >= 11 is 0. The fraction of sp³-hybridized carbons (Fsp3) is 0.667. The van der Waals surface area contributed by atoms with Crippen LogP contribution in [0.4, 0.5) is 0 Å². The Bertz CT molecular complexity index is 144. The van der Waals surface area contributed by atoms with E-state index in [1.807, 2.05) is 0 Å². The Morgan fingerprint density at radius 2 is 1.14 bits per heavy atom. The Hall–Kier alpha value is 0.860. The van der Waals surface area contributed by atoms with E-state index in [0.29, 0.717) is 0 Å². The van der Waals surface area contributed by atoms with Crippen LogP contribution in [0.3, 0.4) is 0 Å². The van der Waals surface area contributed by atoms with Gasteiger partial charge in [-0.2, -0.15) is 0 Å². The molecular weight excluding hydrogens is 214 g/mol. The Morgan fingerprint density at radius 1 is 0.857 bits per heavy atom. The molecule has 0 heterocycles. The van der Waals surface area contributed by atoms with Crippen molar-refractivity contribution in [1.82, 2.24) is 0 Å². The van der Waals surface area contributed by atoms with E-state index in [4.69, 9.17) is 10.2 Å². The minimum atomic E-state index is -1.06. The van der Waals surface area contributed by atoms with Crippen LogP contribution in [0.5, 0.6) is 0 Å². The third-order valence-electron chi connectivity index (χ3n) is 0.823. The maximum absolute atomic E-state index is 9.88. The summed E-state index contributed by atoms with van der Waals surface area (Å²) in [6, 6.07) is 0. The maximum atomic E-state index is 9.88. The molecule has 14 heavy (non-hydrogen) atoms. The van der Waals surface area contributed by atoms with Gasteiger partial charge in [-0.3, -0.25) is 0 Å². The van der Waals surface area contributed by atoms with E-state index in [1.165, 1.54) is 0 Å². The van der Waals surface area contributed by atoms with Gasteiger partial charge in [-0.05, 0) is 0 Å². The Labute approximate surface area is 126 Å². The van der Waals surface area contributed by atoms with Crippen LogP contribution in [0.2, 0.25) is 0 Å². The van der Waals surface area contributed by atoms with Gasteiger partial charge in [-0.1, -0.05) is 0 Å². The van der Waals surface area contributed by atoms with E-state index in [1.54, 1.807) is 0 Å². The summed E-state index contributed by atoms with van der Waals surface area (Å²) in [5.41, 5.74) is 0. The monoisotopic (exact) mass is 226 g/mol. The van der Waals surface area contributed by atoms with Gasteiger partial charge in [0, 0.05) is 0 Å². The van der Waals surface area contributed by atoms with Crippen LogP contribution in [0, 0.1) is 0 Å². The van der Waals surface area contributed by atoms with Gasteiger partial charge in [0.2, 0.25) is 0 Å². The normalized spacial score (nSPS) is 8.29. The van der Waals surface area contributed by atoms with Crippen LogP contribution < -0.4 is 0 Å². The average molecular weight is 226 g/mol. The van der Waals surface area contributed by atoms with Gasteiger partial charge in [0.1, 0.15) is 13.2 Å². The minimum absolute atomic E-state index is 0. The molecule has 8 heteroatoms. The third kappa shape index (κ3) is 18.6. The van der Waals surface area contributed by atoms with Crippen molar-refractivity contribution in [3.8, 4) is 0 Å². The summed E-state index contributed by atoms with van der Waals surface area (Å²) in [4.78, 5) is 19.8. The zero-order chi connectivity index (χ0) is 9.40. The summed E-state index contributed by atoms with van der Waals surface area (Å²) in [6.07, 6.45) is 0. The summed E-state index contributed by atoms with van der Waals surface area (Å²) in [7, 11) is 0. The Balaban J connectivity index is -0.000000605. The molecule has 0 aromatic carbocycles. The standard InChI is InChI=1S/C6H10O6.2Na.2H/c7-5(8)3-11-1-2-12-4-6(9)10;;;;/h1-4H2,(H,7,8)(H,9,10);;;;. The molecule has 0 fully saturated rings. The Kier molecular flexibility index (Phi) is 20.1. The molecular formula is C6H12Na2O6. The molecule has 0 aromatic heterocycles. The number of carbonyl (C=O) groups is 2. The molecule has 0 amide bonds. The van der Waals surface area contributed by atoms with Crippen LogP contribution in [-0.4, -0.2) is 108 Å². The van der Waals surface area contributed by atoms with E-state index >= 15 is 0 Å². The van der Waals surface area contributed by atoms with Gasteiger partial charge >= 0.3 is 71.1 Å². The van der Waals surface area contributed by atoms with E-state index in [0.717, 1.165) is 0 Å². The van der Waals surface area contributed by atoms with Crippen molar-refractivity contribution in [3.63, 3.8) is 0 Å². The number of ether oxygens (including phenoxy) is 2. The van der Waals surface area contributed by atoms with Crippen LogP contribution in [0.1, 0.15) is 0 Å². The molecule has 0 aliphatic heterocycles. The number of aliphatic carboxylic acids is 2. The topological polar surface area (TPSA) is 93.1 Å². The fourth-order valence-corrected chi connectivity index (χ4v) is 0.437. The molecule has 0 rings (SSSR count). The molecule has 0 aliphatic carbocycles. The molecule has 2 N–H and O–H groups in total. The van der Waals surface area contributed by atoms with Gasteiger partial charge in [0.25, 0.3) is 0 Å². The number of carboxylic acids is 2. The van der Waals surface area contributed by atoms with Crippen molar-refractivity contribution in [2.24, 2.45) is 0 Å². The fourth-order valence-electron chi connectivity index (χ4n) is 0.437. The Morgan fingerprint density at radius 3 is 1.36 bits per heavy atom. The third-order valence-corrected chi connectivity index (χ3v) is 0.823. The van der Waals surface area contributed by atoms with Crippen molar-refractivity contribution in [2.75, 3.05) is 26.4 Å². The number of rotatable bonds is 7. The predicted molar refractivity (Wildman–Crippen MR) is 51.2 cm³/mol. The second-order valence-corrected chi connectivity index (χ2v) is 1.89. The molecule has 6 nitrogen and oxygen atoms in total. The summed E-state index contributed by atoms with van der Waals surface area (Å²) < 4.78 is 9.12. The van der Waals surface area contributed by atoms with Crippen molar-refractivity contribution in [3.05, 3.63) is 0 Å². The van der Waals surface area contributed by atoms with Crippen LogP contribution in [0.25, 0.3) is 0 Å². The molecule has 0 atom stereocenters. The first-order chi connectivity index (χ1) is 5.63. The van der Waals surface area contributed by atoms with Gasteiger partial charge in [-0.15, -0.1) is 0 Å². The summed E-state index contributed by atoms with van der Waals surface area (Å²) in [6.45, 7) is -0.619. The van der Waals surface area contributed by atoms with E-state index in [9.17, 15) is 9.59 Å². The molecule has 0 bridgehead atoms. The first-order valence-electron chi connectivity index (χ1n) is 3.22. The van der Waals surface area contributed by atoms with Gasteiger partial charge < -0.3 is 19.7 Å². The zero-order valence-corrected chi connectivity index (χ0v) is 6.36. The number of carboxylic acid groups (broad SMARTS) is 2. The summed E-state index contributed by atoms with van der Waals surface area (Å²) in [5, 5.41) is 16.2. The SMILES string of the molecule is O=C(O)COCCOCC(=O)O.[NaH].[NaH]. The molecule has 0 spiro atoms. The second-order valence-electron chi connectivity index (χ2n) is 1.89. The molecule has 0 saturated heterocycles. The second kappa shape index (κ2) is 13.9. The van der Waals surface area contributed by atoms with Gasteiger partial charge in [-0.25, -0.2) is 9.59 Å². The predicted octanol–water partition coefficient (Wildman–Crippen LogP) is -2.11. The van der Waals surface area contributed by atoms with Crippen LogP contribution in [0.15, 0.2) is 0 Å². The molecule has 0 saturated carbocycles.